The highest BCUT2D eigenvalue weighted by Crippen LogP contribution is 2.24. The number of benzene rings is 1. The van der Waals surface area contributed by atoms with Crippen LogP contribution in [0.5, 0.6) is 0 Å². The van der Waals surface area contributed by atoms with Gasteiger partial charge in [0.25, 0.3) is 16.8 Å². The van der Waals surface area contributed by atoms with Gasteiger partial charge < -0.3 is 21.1 Å². The summed E-state index contributed by atoms with van der Waals surface area (Å²) in [5.41, 5.74) is -0.283. The number of hydrogen-bond donors (Lipinski definition) is 4. The number of aromatic nitrogens is 1. The number of halogens is 2. The first-order chi connectivity index (χ1) is 14.7. The van der Waals surface area contributed by atoms with Crippen molar-refractivity contribution in [3.05, 3.63) is 78.3 Å². The molecule has 1 atom stereocenters. The lowest BCUT2D eigenvalue weighted by Gasteiger charge is -2.19. The van der Waals surface area contributed by atoms with Gasteiger partial charge >= 0.3 is 5.97 Å². The molecular weight excluding hydrogens is 447 g/mol. The summed E-state index contributed by atoms with van der Waals surface area (Å²) < 4.78 is 0. The molecule has 0 bridgehead atoms. The number of carboxylic acid groups (broad SMARTS) is 1. The maximum Gasteiger partial charge on any atom is 0.326 e. The lowest BCUT2D eigenvalue weighted by Crippen LogP contribution is -2.42. The molecule has 2 aromatic carbocycles. The van der Waals surface area contributed by atoms with Crippen LogP contribution in [-0.4, -0.2) is 35.1 Å². The summed E-state index contributed by atoms with van der Waals surface area (Å²) in [7, 11) is 1.47. The van der Waals surface area contributed by atoms with Crippen LogP contribution in [0.15, 0.2) is 46.2 Å². The molecule has 1 aromatic heterocycles. The van der Waals surface area contributed by atoms with Crippen LogP contribution in [0.3, 0.4) is 0 Å². The first-order valence-electron chi connectivity index (χ1n) is 8.92. The molecule has 0 aliphatic heterocycles. The van der Waals surface area contributed by atoms with Gasteiger partial charge in [0.05, 0.1) is 15.6 Å². The summed E-state index contributed by atoms with van der Waals surface area (Å²) in [6, 6.07) is 5.30. The first kappa shape index (κ1) is 22.3. The van der Waals surface area contributed by atoms with Gasteiger partial charge in [-0.2, -0.15) is 0 Å². The van der Waals surface area contributed by atoms with Gasteiger partial charge in [0.2, 0.25) is 0 Å². The number of rotatable bonds is 8. The fraction of sp³-hybridized carbons (Fsp3) is 0.150. The van der Waals surface area contributed by atoms with Crippen molar-refractivity contribution in [1.29, 1.82) is 0 Å². The molecule has 31 heavy (non-hydrogen) atoms. The average molecular weight is 463 g/mol. The minimum Gasteiger partial charge on any atom is -0.480 e. The fourth-order valence-corrected chi connectivity index (χ4v) is 3.46. The van der Waals surface area contributed by atoms with E-state index < -0.39 is 28.8 Å². The van der Waals surface area contributed by atoms with Crippen molar-refractivity contribution in [1.82, 2.24) is 4.98 Å². The molecule has 3 aromatic rings. The summed E-state index contributed by atoms with van der Waals surface area (Å²) in [5.74, 6) is -1.70. The molecule has 0 aliphatic carbocycles. The Balaban J connectivity index is 1.71. The van der Waals surface area contributed by atoms with Crippen LogP contribution in [-0.2, 0) is 11.2 Å². The number of pyridine rings is 1. The molecule has 0 saturated heterocycles. The van der Waals surface area contributed by atoms with Crippen molar-refractivity contribution in [3.8, 4) is 0 Å². The summed E-state index contributed by atoms with van der Waals surface area (Å²) >= 11 is 12.0. The quantitative estimate of drug-likeness (QED) is 0.374. The molecule has 4 N–H and O–H groups in total. The second-order valence-electron chi connectivity index (χ2n) is 6.53. The van der Waals surface area contributed by atoms with Crippen molar-refractivity contribution in [2.24, 2.45) is 0 Å². The van der Waals surface area contributed by atoms with Gasteiger partial charge in [-0.25, -0.2) is 4.79 Å². The van der Waals surface area contributed by atoms with Gasteiger partial charge in [0.15, 0.2) is 0 Å². The fourth-order valence-electron chi connectivity index (χ4n) is 2.92. The number of anilines is 3. The number of carbonyl (C=O) groups excluding carboxylic acids is 1. The molecule has 11 heteroatoms. The third-order valence-electron chi connectivity index (χ3n) is 4.51. The van der Waals surface area contributed by atoms with E-state index in [2.05, 4.69) is 20.9 Å². The molecule has 1 amide bonds. The van der Waals surface area contributed by atoms with Gasteiger partial charge in [-0.15, -0.1) is 0 Å². The summed E-state index contributed by atoms with van der Waals surface area (Å²) in [6.45, 7) is 0. The predicted molar refractivity (Wildman–Crippen MR) is 118 cm³/mol. The number of hydrogen-bond acceptors (Lipinski definition) is 7. The van der Waals surface area contributed by atoms with E-state index in [1.54, 1.807) is 24.3 Å². The Kier molecular flexibility index (Phi) is 6.57. The second kappa shape index (κ2) is 9.15. The zero-order valence-corrected chi connectivity index (χ0v) is 17.5. The highest BCUT2D eigenvalue weighted by molar-refractivity contribution is 6.40. The third kappa shape index (κ3) is 4.68. The highest BCUT2D eigenvalue weighted by atomic mass is 35.5. The van der Waals surface area contributed by atoms with Crippen LogP contribution in [0.4, 0.5) is 17.1 Å². The van der Waals surface area contributed by atoms with E-state index in [1.807, 2.05) is 0 Å². The lowest BCUT2D eigenvalue weighted by atomic mass is 10.0. The summed E-state index contributed by atoms with van der Waals surface area (Å²) in [4.78, 5) is 51.0. The van der Waals surface area contributed by atoms with E-state index in [0.717, 1.165) is 0 Å². The van der Waals surface area contributed by atoms with Gasteiger partial charge in [-0.1, -0.05) is 35.3 Å². The van der Waals surface area contributed by atoms with Gasteiger partial charge in [-0.05, 0) is 17.7 Å². The van der Waals surface area contributed by atoms with E-state index in [4.69, 9.17) is 23.2 Å². The molecule has 0 spiro atoms. The zero-order chi connectivity index (χ0) is 22.7. The van der Waals surface area contributed by atoms with Gasteiger partial charge in [-0.3, -0.25) is 19.4 Å². The minimum atomic E-state index is -1.19. The van der Waals surface area contributed by atoms with Crippen LogP contribution in [0.25, 0.3) is 0 Å². The number of amides is 1. The standard InChI is InChI=1S/C20H16Cl2N4O5/c1-23-15-16(18(28)17(15)27)26-13(20(30)31)6-9-2-4-10(5-3-9)25-19(29)14-11(21)7-24-8-12(14)22/h2-5,7-8,13,23,26H,6H2,1H3,(H,25,29)(H,30,31)/t13-/m0/s1. The minimum absolute atomic E-state index is 0.0353. The summed E-state index contributed by atoms with van der Waals surface area (Å²) in [5, 5.41) is 17.5. The molecule has 0 unspecified atom stereocenters. The Morgan fingerprint density at radius 1 is 1.03 bits per heavy atom. The van der Waals surface area contributed by atoms with Crippen LogP contribution >= 0.6 is 23.2 Å². The Labute approximate surface area is 185 Å². The van der Waals surface area contributed by atoms with E-state index in [-0.39, 0.29) is 33.4 Å². The Bertz CT molecular complexity index is 1200. The number of nitrogens with zero attached hydrogens (tertiary/aromatic N) is 1. The topological polar surface area (TPSA) is 137 Å². The van der Waals surface area contributed by atoms with Crippen molar-refractivity contribution in [2.45, 2.75) is 12.5 Å². The van der Waals surface area contributed by atoms with E-state index in [9.17, 15) is 24.3 Å². The molecule has 0 saturated carbocycles. The molecule has 160 valence electrons. The smallest absolute Gasteiger partial charge is 0.326 e. The SMILES string of the molecule is CNc1c(N[C@@H](Cc2ccc(NC(=O)c3c(Cl)cncc3Cl)cc2)C(=O)O)c(=O)c1=O. The second-order valence-corrected chi connectivity index (χ2v) is 7.34. The Morgan fingerprint density at radius 3 is 2.16 bits per heavy atom. The third-order valence-corrected chi connectivity index (χ3v) is 5.08. The van der Waals surface area contributed by atoms with Crippen molar-refractivity contribution < 1.29 is 14.7 Å². The van der Waals surface area contributed by atoms with Crippen LogP contribution in [0.1, 0.15) is 15.9 Å². The number of aliphatic carboxylic acids is 1. The molecule has 9 nitrogen and oxygen atoms in total. The van der Waals surface area contributed by atoms with Crippen molar-refractivity contribution in [3.63, 3.8) is 0 Å². The number of carboxylic acids is 1. The Hall–Kier alpha value is -3.43. The first-order valence-corrected chi connectivity index (χ1v) is 9.68. The number of nitrogens with one attached hydrogen (secondary N) is 3. The monoisotopic (exact) mass is 462 g/mol. The Morgan fingerprint density at radius 2 is 1.61 bits per heavy atom. The lowest BCUT2D eigenvalue weighted by molar-refractivity contribution is -0.137. The van der Waals surface area contributed by atoms with Crippen LogP contribution in [0.2, 0.25) is 10.0 Å². The highest BCUT2D eigenvalue weighted by Gasteiger charge is 2.26. The zero-order valence-electron chi connectivity index (χ0n) is 16.0. The maximum atomic E-state index is 12.4. The largest absolute Gasteiger partial charge is 0.480 e. The van der Waals surface area contributed by atoms with Gasteiger partial charge in [0, 0.05) is 31.5 Å². The number of carbonyl (C=O) groups is 2. The average Bonchev–Trinajstić information content (AvgIpc) is 2.73. The van der Waals surface area contributed by atoms with E-state index in [1.165, 1.54) is 19.4 Å². The van der Waals surface area contributed by atoms with Gasteiger partial charge in [0.1, 0.15) is 17.4 Å². The molecule has 0 aliphatic rings. The normalized spacial score (nSPS) is 11.7. The van der Waals surface area contributed by atoms with Crippen molar-refractivity contribution in [2.75, 3.05) is 23.0 Å². The van der Waals surface area contributed by atoms with E-state index >= 15 is 0 Å². The molecule has 0 fully saturated rings. The summed E-state index contributed by atoms with van der Waals surface area (Å²) in [6.07, 6.45) is 2.65. The van der Waals surface area contributed by atoms with Crippen LogP contribution < -0.4 is 26.8 Å². The molecule has 0 radical (unpaired) electrons. The molecular formula is C20H16Cl2N4O5. The van der Waals surface area contributed by atoms with Crippen LogP contribution in [0, 0.1) is 0 Å². The maximum absolute atomic E-state index is 12.4. The molecule has 3 rings (SSSR count). The molecule has 1 heterocycles. The van der Waals surface area contributed by atoms with E-state index in [0.29, 0.717) is 11.3 Å². The van der Waals surface area contributed by atoms with Crippen molar-refractivity contribution >= 4 is 52.1 Å². The predicted octanol–water partition coefficient (Wildman–Crippen LogP) is 2.39.